The Labute approximate surface area is 128 Å². The third-order valence-corrected chi connectivity index (χ3v) is 3.31. The summed E-state index contributed by atoms with van der Waals surface area (Å²) >= 11 is 5.87. The lowest BCUT2D eigenvalue weighted by molar-refractivity contribution is 0.0935. The topological polar surface area (TPSA) is 80.0 Å². The molecule has 6 heteroatoms. The van der Waals surface area contributed by atoms with E-state index >= 15 is 0 Å². The van der Waals surface area contributed by atoms with E-state index in [-0.39, 0.29) is 17.1 Å². The maximum Gasteiger partial charge on any atom is 0.252 e. The third-order valence-electron chi connectivity index (χ3n) is 3.12. The second-order valence-electron chi connectivity index (χ2n) is 4.55. The van der Waals surface area contributed by atoms with Crippen LogP contribution in [0.3, 0.4) is 0 Å². The van der Waals surface area contributed by atoms with E-state index in [1.807, 2.05) is 37.3 Å². The third kappa shape index (κ3) is 3.93. The van der Waals surface area contributed by atoms with Gasteiger partial charge < -0.3 is 10.7 Å². The molecule has 5 nitrogen and oxygen atoms in total. The van der Waals surface area contributed by atoms with Crippen molar-refractivity contribution in [3.63, 3.8) is 0 Å². The van der Waals surface area contributed by atoms with E-state index in [0.717, 1.165) is 12.0 Å². The zero-order chi connectivity index (χ0) is 15.2. The first kappa shape index (κ1) is 15.3. The minimum absolute atomic E-state index is 0.0556. The molecule has 2 aromatic rings. The minimum Gasteiger partial charge on any atom is -0.345 e. The molecule has 0 radical (unpaired) electrons. The number of nitrogens with one attached hydrogen (secondary N) is 2. The van der Waals surface area contributed by atoms with E-state index in [1.165, 1.54) is 6.07 Å². The first-order chi connectivity index (χ1) is 10.1. The summed E-state index contributed by atoms with van der Waals surface area (Å²) in [5, 5.41) is 3.20. The molecule has 1 unspecified atom stereocenters. The molecule has 0 aliphatic carbocycles. The fourth-order valence-electron chi connectivity index (χ4n) is 2.05. The molecule has 0 aliphatic heterocycles. The quantitative estimate of drug-likeness (QED) is 0.451. The Morgan fingerprint density at radius 3 is 2.67 bits per heavy atom. The second kappa shape index (κ2) is 7.06. The van der Waals surface area contributed by atoms with Crippen LogP contribution in [0, 0.1) is 0 Å². The highest BCUT2D eigenvalue weighted by atomic mass is 35.5. The van der Waals surface area contributed by atoms with Crippen molar-refractivity contribution in [3.8, 4) is 0 Å². The number of hydrogen-bond donors (Lipinski definition) is 3. The van der Waals surface area contributed by atoms with Gasteiger partial charge in [0.2, 0.25) is 0 Å². The van der Waals surface area contributed by atoms with Crippen molar-refractivity contribution in [1.29, 1.82) is 0 Å². The monoisotopic (exact) mass is 304 g/mol. The molecule has 0 saturated heterocycles. The predicted octanol–water partition coefficient (Wildman–Crippen LogP) is 2.90. The molecule has 1 atom stereocenters. The number of halogens is 1. The first-order valence-electron chi connectivity index (χ1n) is 6.64. The number of hydrogen-bond acceptors (Lipinski definition) is 4. The summed E-state index contributed by atoms with van der Waals surface area (Å²) in [5.41, 5.74) is 3.86. The van der Waals surface area contributed by atoms with E-state index < -0.39 is 0 Å². The van der Waals surface area contributed by atoms with Gasteiger partial charge in [-0.25, -0.2) is 10.8 Å². The van der Waals surface area contributed by atoms with Crippen molar-refractivity contribution in [1.82, 2.24) is 10.3 Å². The Kier molecular flexibility index (Phi) is 5.14. The molecule has 110 valence electrons. The number of aromatic nitrogens is 1. The fraction of sp³-hybridized carbons (Fsp3) is 0.200. The zero-order valence-electron chi connectivity index (χ0n) is 11.6. The van der Waals surface area contributed by atoms with Crippen LogP contribution in [0.15, 0.2) is 42.5 Å². The maximum absolute atomic E-state index is 12.3. The summed E-state index contributed by atoms with van der Waals surface area (Å²) in [7, 11) is 0. The van der Waals surface area contributed by atoms with Gasteiger partial charge in [0.05, 0.1) is 6.04 Å². The largest absolute Gasteiger partial charge is 0.345 e. The molecule has 1 aromatic heterocycles. The van der Waals surface area contributed by atoms with E-state index in [9.17, 15) is 4.79 Å². The van der Waals surface area contributed by atoms with Crippen LogP contribution in [0.5, 0.6) is 0 Å². The van der Waals surface area contributed by atoms with Gasteiger partial charge in [-0.1, -0.05) is 48.9 Å². The maximum atomic E-state index is 12.3. The molecule has 0 saturated carbocycles. The lowest BCUT2D eigenvalue weighted by atomic mass is 10.0. The van der Waals surface area contributed by atoms with Crippen LogP contribution in [-0.4, -0.2) is 10.9 Å². The van der Waals surface area contributed by atoms with Gasteiger partial charge in [0.15, 0.2) is 0 Å². The highest BCUT2D eigenvalue weighted by Gasteiger charge is 2.15. The number of carbonyl (C=O) groups is 1. The summed E-state index contributed by atoms with van der Waals surface area (Å²) < 4.78 is 0. The normalized spacial score (nSPS) is 11.8. The molecule has 0 spiro atoms. The molecule has 4 N–H and O–H groups in total. The number of hydrazine groups is 1. The number of amides is 1. The molecule has 21 heavy (non-hydrogen) atoms. The number of pyridine rings is 1. The molecule has 0 bridgehead atoms. The standard InChI is InChI=1S/C15H17ClN4O/c1-2-12(10-6-4-3-5-7-10)18-15(21)11-8-13(16)19-14(9-11)20-17/h3-9,12H,2,17H2,1H3,(H,18,21)(H,19,20). The Balaban J connectivity index is 2.18. The number of nitrogen functional groups attached to an aromatic ring is 1. The smallest absolute Gasteiger partial charge is 0.252 e. The number of anilines is 1. The fourth-order valence-corrected chi connectivity index (χ4v) is 2.26. The van der Waals surface area contributed by atoms with Gasteiger partial charge in [-0.15, -0.1) is 0 Å². The number of rotatable bonds is 5. The summed E-state index contributed by atoms with van der Waals surface area (Å²) in [5.74, 6) is 5.43. The van der Waals surface area contributed by atoms with Gasteiger partial charge in [-0.3, -0.25) is 4.79 Å². The highest BCUT2D eigenvalue weighted by molar-refractivity contribution is 6.29. The number of nitrogens with two attached hydrogens (primary N) is 1. The van der Waals surface area contributed by atoms with Gasteiger partial charge in [0.1, 0.15) is 11.0 Å². The summed E-state index contributed by atoms with van der Waals surface area (Å²) in [6.45, 7) is 2.02. The molecule has 0 fully saturated rings. The SMILES string of the molecule is CCC(NC(=O)c1cc(Cl)nc(NN)c1)c1ccccc1. The van der Waals surface area contributed by atoms with Crippen LogP contribution in [-0.2, 0) is 0 Å². The summed E-state index contributed by atoms with van der Waals surface area (Å²) in [4.78, 5) is 16.3. The molecule has 1 heterocycles. The van der Waals surface area contributed by atoms with Crippen molar-refractivity contribution >= 4 is 23.3 Å². The average molecular weight is 305 g/mol. The second-order valence-corrected chi connectivity index (χ2v) is 4.94. The zero-order valence-corrected chi connectivity index (χ0v) is 12.4. The van der Waals surface area contributed by atoms with Crippen LogP contribution in [0.2, 0.25) is 5.15 Å². The number of nitrogens with zero attached hydrogens (tertiary/aromatic N) is 1. The Morgan fingerprint density at radius 1 is 1.33 bits per heavy atom. The molecular formula is C15H17ClN4O. The van der Waals surface area contributed by atoms with Crippen molar-refractivity contribution in [2.75, 3.05) is 5.43 Å². The Hall–Kier alpha value is -2.11. The van der Waals surface area contributed by atoms with Gasteiger partial charge >= 0.3 is 0 Å². The Bertz CT molecular complexity index is 618. The average Bonchev–Trinajstić information content (AvgIpc) is 2.52. The lowest BCUT2D eigenvalue weighted by Crippen LogP contribution is -2.28. The van der Waals surface area contributed by atoms with Crippen molar-refractivity contribution in [2.24, 2.45) is 5.84 Å². The van der Waals surface area contributed by atoms with Crippen LogP contribution in [0.25, 0.3) is 0 Å². The molecule has 0 aliphatic rings. The number of carbonyl (C=O) groups excluding carboxylic acids is 1. The van der Waals surface area contributed by atoms with Crippen molar-refractivity contribution in [2.45, 2.75) is 19.4 Å². The van der Waals surface area contributed by atoms with Gasteiger partial charge in [-0.05, 0) is 24.1 Å². The summed E-state index contributed by atoms with van der Waals surface area (Å²) in [6, 6.07) is 12.8. The first-order valence-corrected chi connectivity index (χ1v) is 7.02. The van der Waals surface area contributed by atoms with E-state index in [2.05, 4.69) is 15.7 Å². The van der Waals surface area contributed by atoms with Gasteiger partial charge in [0.25, 0.3) is 5.91 Å². The Morgan fingerprint density at radius 2 is 2.05 bits per heavy atom. The van der Waals surface area contributed by atoms with Crippen LogP contribution in [0.4, 0.5) is 5.82 Å². The number of benzene rings is 1. The van der Waals surface area contributed by atoms with E-state index in [0.29, 0.717) is 11.4 Å². The predicted molar refractivity (Wildman–Crippen MR) is 84.0 cm³/mol. The van der Waals surface area contributed by atoms with Crippen LogP contribution >= 0.6 is 11.6 Å². The minimum atomic E-state index is -0.216. The van der Waals surface area contributed by atoms with Crippen molar-refractivity contribution < 1.29 is 4.79 Å². The van der Waals surface area contributed by atoms with Crippen LogP contribution < -0.4 is 16.6 Å². The molecule has 1 aromatic carbocycles. The molecule has 2 rings (SSSR count). The van der Waals surface area contributed by atoms with Gasteiger partial charge in [0, 0.05) is 5.56 Å². The van der Waals surface area contributed by atoms with E-state index in [1.54, 1.807) is 6.07 Å². The van der Waals surface area contributed by atoms with Crippen molar-refractivity contribution in [3.05, 3.63) is 58.7 Å². The van der Waals surface area contributed by atoms with Crippen LogP contribution in [0.1, 0.15) is 35.3 Å². The molecular weight excluding hydrogens is 288 g/mol. The molecule has 1 amide bonds. The van der Waals surface area contributed by atoms with E-state index in [4.69, 9.17) is 17.4 Å². The lowest BCUT2D eigenvalue weighted by Gasteiger charge is -2.17. The van der Waals surface area contributed by atoms with Gasteiger partial charge in [-0.2, -0.15) is 0 Å². The highest BCUT2D eigenvalue weighted by Crippen LogP contribution is 2.18. The summed E-state index contributed by atoms with van der Waals surface area (Å²) in [6.07, 6.45) is 0.788.